The van der Waals surface area contributed by atoms with Gasteiger partial charge in [-0.2, -0.15) is 10.2 Å². The number of hydrogen-bond acceptors (Lipinski definition) is 4. The molecule has 1 fully saturated rings. The van der Waals surface area contributed by atoms with E-state index in [9.17, 15) is 4.79 Å². The van der Waals surface area contributed by atoms with E-state index in [0.29, 0.717) is 5.56 Å². The summed E-state index contributed by atoms with van der Waals surface area (Å²) in [6.45, 7) is 1.63. The minimum atomic E-state index is -0.0281. The molecule has 0 atom stereocenters. The maximum absolute atomic E-state index is 11.8. The highest BCUT2D eigenvalue weighted by atomic mass is 16.2. The number of carbonyl (C=O) groups excluding carboxylic acids is 1. The third kappa shape index (κ3) is 1.88. The summed E-state index contributed by atoms with van der Waals surface area (Å²) in [5.74, 6) is -0.0281. The zero-order valence-corrected chi connectivity index (χ0v) is 7.81. The molecule has 0 unspecified atom stereocenters. The number of aromatic nitrogens is 2. The van der Waals surface area contributed by atoms with Crippen LogP contribution in [0, 0.1) is 0 Å². The first kappa shape index (κ1) is 9.08. The first-order valence-electron chi connectivity index (χ1n) is 4.70. The molecule has 1 aromatic heterocycles. The molecule has 0 aliphatic carbocycles. The van der Waals surface area contributed by atoms with Gasteiger partial charge in [0.25, 0.3) is 5.91 Å². The number of nitrogens with one attached hydrogen (secondary N) is 1. The fourth-order valence-corrected chi connectivity index (χ4v) is 1.43. The van der Waals surface area contributed by atoms with Crippen molar-refractivity contribution in [2.45, 2.75) is 12.8 Å². The van der Waals surface area contributed by atoms with Crippen molar-refractivity contribution in [1.82, 2.24) is 20.6 Å². The monoisotopic (exact) mass is 192 g/mol. The van der Waals surface area contributed by atoms with Crippen LogP contribution in [0.15, 0.2) is 18.5 Å². The van der Waals surface area contributed by atoms with Crippen molar-refractivity contribution >= 4 is 5.91 Å². The Morgan fingerprint density at radius 1 is 1.43 bits per heavy atom. The molecule has 1 aliphatic rings. The van der Waals surface area contributed by atoms with E-state index in [1.165, 1.54) is 12.4 Å². The molecule has 0 bridgehead atoms. The van der Waals surface area contributed by atoms with Crippen LogP contribution in [0.3, 0.4) is 0 Å². The average molecular weight is 192 g/mol. The number of carbonyl (C=O) groups is 1. The Morgan fingerprint density at radius 3 is 3.00 bits per heavy atom. The molecular formula is C9H12N4O. The molecule has 2 heterocycles. The van der Waals surface area contributed by atoms with E-state index in [4.69, 9.17) is 0 Å². The van der Waals surface area contributed by atoms with E-state index >= 15 is 0 Å². The largest absolute Gasteiger partial charge is 0.274 e. The highest BCUT2D eigenvalue weighted by molar-refractivity contribution is 5.93. The standard InChI is InChI=1S/C9H12N4O/c14-9(8-3-5-10-11-7-8)13-6-2-1-4-12-13/h3,5,7,12H,1-2,4,6H2. The zero-order chi connectivity index (χ0) is 9.80. The zero-order valence-electron chi connectivity index (χ0n) is 7.81. The molecule has 1 saturated heterocycles. The van der Waals surface area contributed by atoms with Gasteiger partial charge < -0.3 is 0 Å². The number of nitrogens with zero attached hydrogens (tertiary/aromatic N) is 3. The van der Waals surface area contributed by atoms with Crippen LogP contribution in [-0.4, -0.2) is 34.2 Å². The average Bonchev–Trinajstić information content (AvgIpc) is 2.30. The second-order valence-electron chi connectivity index (χ2n) is 3.20. The Morgan fingerprint density at radius 2 is 2.36 bits per heavy atom. The van der Waals surface area contributed by atoms with Crippen molar-refractivity contribution in [2.24, 2.45) is 0 Å². The Balaban J connectivity index is 2.07. The molecule has 74 valence electrons. The lowest BCUT2D eigenvalue weighted by molar-refractivity contribution is 0.0610. The van der Waals surface area contributed by atoms with Gasteiger partial charge in [-0.15, -0.1) is 0 Å². The van der Waals surface area contributed by atoms with E-state index in [-0.39, 0.29) is 5.91 Å². The quantitative estimate of drug-likeness (QED) is 0.691. The molecule has 2 rings (SSSR count). The first-order valence-corrected chi connectivity index (χ1v) is 4.70. The van der Waals surface area contributed by atoms with Gasteiger partial charge in [-0.05, 0) is 18.9 Å². The van der Waals surface area contributed by atoms with E-state index in [1.807, 2.05) is 0 Å². The van der Waals surface area contributed by atoms with Crippen LogP contribution in [0.1, 0.15) is 23.2 Å². The highest BCUT2D eigenvalue weighted by Gasteiger charge is 2.17. The smallest absolute Gasteiger partial charge is 0.269 e. The van der Waals surface area contributed by atoms with Crippen LogP contribution in [-0.2, 0) is 0 Å². The van der Waals surface area contributed by atoms with Crippen LogP contribution in [0.2, 0.25) is 0 Å². The number of amides is 1. The van der Waals surface area contributed by atoms with Crippen LogP contribution in [0.25, 0.3) is 0 Å². The minimum Gasteiger partial charge on any atom is -0.274 e. The van der Waals surface area contributed by atoms with Crippen molar-refractivity contribution in [3.05, 3.63) is 24.0 Å². The van der Waals surface area contributed by atoms with E-state index in [1.54, 1.807) is 11.1 Å². The van der Waals surface area contributed by atoms with Gasteiger partial charge in [0.15, 0.2) is 0 Å². The molecule has 1 amide bonds. The minimum absolute atomic E-state index is 0.0281. The van der Waals surface area contributed by atoms with Gasteiger partial charge in [0, 0.05) is 13.1 Å². The lowest BCUT2D eigenvalue weighted by Crippen LogP contribution is -2.47. The van der Waals surface area contributed by atoms with Gasteiger partial charge >= 0.3 is 0 Å². The molecule has 0 spiro atoms. The lowest BCUT2D eigenvalue weighted by atomic mass is 10.2. The Hall–Kier alpha value is -1.49. The van der Waals surface area contributed by atoms with Crippen molar-refractivity contribution in [3.8, 4) is 0 Å². The maximum Gasteiger partial charge on any atom is 0.269 e. The summed E-state index contributed by atoms with van der Waals surface area (Å²) in [4.78, 5) is 11.8. The van der Waals surface area contributed by atoms with Crippen LogP contribution >= 0.6 is 0 Å². The van der Waals surface area contributed by atoms with Crippen LogP contribution < -0.4 is 5.43 Å². The molecule has 14 heavy (non-hydrogen) atoms. The van der Waals surface area contributed by atoms with Crippen molar-refractivity contribution in [1.29, 1.82) is 0 Å². The highest BCUT2D eigenvalue weighted by Crippen LogP contribution is 2.05. The van der Waals surface area contributed by atoms with Gasteiger partial charge in [0.05, 0.1) is 18.0 Å². The van der Waals surface area contributed by atoms with Gasteiger partial charge in [-0.3, -0.25) is 9.80 Å². The van der Waals surface area contributed by atoms with Gasteiger partial charge in [-0.25, -0.2) is 5.43 Å². The molecule has 1 aromatic rings. The molecule has 0 aromatic carbocycles. The fraction of sp³-hybridized carbons (Fsp3) is 0.444. The summed E-state index contributed by atoms with van der Waals surface area (Å²) in [6, 6.07) is 1.67. The molecular weight excluding hydrogens is 180 g/mol. The molecule has 5 heteroatoms. The lowest BCUT2D eigenvalue weighted by Gasteiger charge is -2.27. The molecule has 1 N–H and O–H groups in total. The van der Waals surface area contributed by atoms with Crippen LogP contribution in [0.4, 0.5) is 0 Å². The summed E-state index contributed by atoms with van der Waals surface area (Å²) in [6.07, 6.45) is 5.19. The fourth-order valence-electron chi connectivity index (χ4n) is 1.43. The van der Waals surface area contributed by atoms with Gasteiger partial charge in [0.2, 0.25) is 0 Å². The summed E-state index contributed by atoms with van der Waals surface area (Å²) in [7, 11) is 0. The maximum atomic E-state index is 11.8. The van der Waals surface area contributed by atoms with Crippen molar-refractivity contribution in [3.63, 3.8) is 0 Å². The third-order valence-electron chi connectivity index (χ3n) is 2.19. The van der Waals surface area contributed by atoms with Crippen LogP contribution in [0.5, 0.6) is 0 Å². The van der Waals surface area contributed by atoms with E-state index in [0.717, 1.165) is 25.9 Å². The second-order valence-corrected chi connectivity index (χ2v) is 3.20. The first-order chi connectivity index (χ1) is 6.88. The predicted molar refractivity (Wildman–Crippen MR) is 50.3 cm³/mol. The molecule has 5 nitrogen and oxygen atoms in total. The number of rotatable bonds is 1. The Bertz CT molecular complexity index is 308. The van der Waals surface area contributed by atoms with E-state index < -0.39 is 0 Å². The number of hydrogen-bond donors (Lipinski definition) is 1. The molecule has 1 aliphatic heterocycles. The van der Waals surface area contributed by atoms with Gasteiger partial charge in [-0.1, -0.05) is 0 Å². The normalized spacial score (nSPS) is 16.7. The summed E-state index contributed by atoms with van der Waals surface area (Å²) < 4.78 is 0. The van der Waals surface area contributed by atoms with Crippen molar-refractivity contribution in [2.75, 3.05) is 13.1 Å². The predicted octanol–water partition coefficient (Wildman–Crippen LogP) is 0.217. The van der Waals surface area contributed by atoms with Gasteiger partial charge in [0.1, 0.15) is 0 Å². The van der Waals surface area contributed by atoms with Crippen molar-refractivity contribution < 1.29 is 4.79 Å². The topological polar surface area (TPSA) is 58.1 Å². The molecule has 0 saturated carbocycles. The SMILES string of the molecule is O=C(c1ccnnc1)N1CCCCN1. The Kier molecular flexibility index (Phi) is 2.69. The Labute approximate surface area is 82.1 Å². The summed E-state index contributed by atoms with van der Waals surface area (Å²) in [5.41, 5.74) is 3.63. The van der Waals surface area contributed by atoms with E-state index in [2.05, 4.69) is 15.6 Å². The molecule has 0 radical (unpaired) electrons. The summed E-state index contributed by atoms with van der Waals surface area (Å²) >= 11 is 0. The number of hydrazine groups is 1. The third-order valence-corrected chi connectivity index (χ3v) is 2.19. The summed E-state index contributed by atoms with van der Waals surface area (Å²) in [5, 5.41) is 8.95. The second kappa shape index (κ2) is 4.15.